The van der Waals surface area contributed by atoms with Crippen molar-refractivity contribution in [2.45, 2.75) is 59.3 Å². The van der Waals surface area contributed by atoms with Crippen LogP contribution in [0.5, 0.6) is 5.75 Å². The Balaban J connectivity index is 1.68. The Morgan fingerprint density at radius 3 is 2.62 bits per heavy atom. The van der Waals surface area contributed by atoms with Gasteiger partial charge in [0, 0.05) is 11.8 Å². The molecule has 2 fully saturated rings. The van der Waals surface area contributed by atoms with Gasteiger partial charge < -0.3 is 5.11 Å². The van der Waals surface area contributed by atoms with Crippen molar-refractivity contribution >= 4 is 5.78 Å². The summed E-state index contributed by atoms with van der Waals surface area (Å²) >= 11 is 0. The van der Waals surface area contributed by atoms with E-state index in [9.17, 15) is 9.90 Å². The van der Waals surface area contributed by atoms with E-state index in [1.807, 2.05) is 12.1 Å². The van der Waals surface area contributed by atoms with Gasteiger partial charge in [0.2, 0.25) is 0 Å². The zero-order chi connectivity index (χ0) is 17.1. The molecular weight excluding hydrogens is 296 g/mol. The van der Waals surface area contributed by atoms with E-state index >= 15 is 0 Å². The van der Waals surface area contributed by atoms with Crippen LogP contribution < -0.4 is 0 Å². The molecule has 1 aromatic rings. The number of aromatic hydroxyl groups is 1. The van der Waals surface area contributed by atoms with Crippen molar-refractivity contribution in [1.29, 1.82) is 0 Å². The van der Waals surface area contributed by atoms with E-state index in [2.05, 4.69) is 20.8 Å². The van der Waals surface area contributed by atoms with E-state index in [-0.39, 0.29) is 10.8 Å². The average molecular weight is 324 g/mol. The number of ketones is 1. The largest absolute Gasteiger partial charge is 0.508 e. The van der Waals surface area contributed by atoms with Crippen LogP contribution in [0.2, 0.25) is 0 Å². The van der Waals surface area contributed by atoms with Gasteiger partial charge in [-0.3, -0.25) is 4.79 Å². The minimum absolute atomic E-state index is 0.119. The van der Waals surface area contributed by atoms with E-state index < -0.39 is 0 Å². The van der Waals surface area contributed by atoms with E-state index in [1.54, 1.807) is 12.1 Å². The summed E-state index contributed by atoms with van der Waals surface area (Å²) in [5.74, 6) is 2.06. The zero-order valence-corrected chi connectivity index (χ0v) is 15.1. The standard InChI is InChI=1S/C22H28O2/c1-14-4-7-17-12-19-15(2)20(24)13-22(14,19)21(17,3)11-10-16-5-8-18(23)9-6-16/h5-6,8-9,14,17,23H,4,7,10-13H2,1-3H3. The summed E-state index contributed by atoms with van der Waals surface area (Å²) in [4.78, 5) is 12.5. The first-order valence-corrected chi connectivity index (χ1v) is 9.40. The lowest BCUT2D eigenvalue weighted by Gasteiger charge is -2.53. The molecule has 24 heavy (non-hydrogen) atoms. The maximum absolute atomic E-state index is 12.5. The first kappa shape index (κ1) is 15.9. The molecule has 128 valence electrons. The SMILES string of the molecule is CC1=C2CC3CCC(C)C2(CC1=O)C3(C)CCc1ccc(O)cc1. The van der Waals surface area contributed by atoms with Crippen molar-refractivity contribution in [2.75, 3.05) is 0 Å². The minimum Gasteiger partial charge on any atom is -0.508 e. The summed E-state index contributed by atoms with van der Waals surface area (Å²) in [6, 6.07) is 7.63. The Kier molecular flexibility index (Phi) is 3.46. The molecule has 0 aliphatic heterocycles. The monoisotopic (exact) mass is 324 g/mol. The number of hydrogen-bond acceptors (Lipinski definition) is 2. The second-order valence-electron chi connectivity index (χ2n) is 8.64. The highest BCUT2D eigenvalue weighted by atomic mass is 16.3. The molecule has 0 amide bonds. The van der Waals surface area contributed by atoms with Gasteiger partial charge in [0.15, 0.2) is 5.78 Å². The Bertz CT molecular complexity index is 714. The first-order valence-electron chi connectivity index (χ1n) is 9.40. The van der Waals surface area contributed by atoms with Crippen LogP contribution in [-0.2, 0) is 11.2 Å². The molecule has 2 heteroatoms. The van der Waals surface area contributed by atoms with E-state index in [4.69, 9.17) is 0 Å². The molecule has 2 nitrogen and oxygen atoms in total. The van der Waals surface area contributed by atoms with Crippen molar-refractivity contribution in [3.05, 3.63) is 41.0 Å². The third-order valence-electron chi connectivity index (χ3n) is 7.88. The lowest BCUT2D eigenvalue weighted by molar-refractivity contribution is -0.120. The normalized spacial score (nSPS) is 37.9. The molecule has 4 rings (SSSR count). The van der Waals surface area contributed by atoms with Crippen LogP contribution in [0.25, 0.3) is 0 Å². The van der Waals surface area contributed by atoms with Crippen molar-refractivity contribution in [3.63, 3.8) is 0 Å². The summed E-state index contributed by atoms with van der Waals surface area (Å²) in [5.41, 5.74) is 4.23. The molecule has 2 saturated carbocycles. The Hall–Kier alpha value is -1.57. The van der Waals surface area contributed by atoms with Gasteiger partial charge in [-0.2, -0.15) is 0 Å². The first-order chi connectivity index (χ1) is 11.4. The third-order valence-corrected chi connectivity index (χ3v) is 7.88. The number of aryl methyl sites for hydroxylation is 1. The smallest absolute Gasteiger partial charge is 0.159 e. The third kappa shape index (κ3) is 1.92. The lowest BCUT2D eigenvalue weighted by Crippen LogP contribution is -2.47. The number of rotatable bonds is 3. The van der Waals surface area contributed by atoms with E-state index in [1.165, 1.54) is 24.0 Å². The molecule has 1 N–H and O–H groups in total. The average Bonchev–Trinajstić information content (AvgIpc) is 2.88. The van der Waals surface area contributed by atoms with E-state index in [0.717, 1.165) is 37.2 Å². The molecular formula is C22H28O2. The van der Waals surface area contributed by atoms with Gasteiger partial charge in [0.1, 0.15) is 5.75 Å². The number of carbonyl (C=O) groups excluding carboxylic acids is 1. The maximum atomic E-state index is 12.5. The van der Waals surface area contributed by atoms with Crippen molar-refractivity contribution in [2.24, 2.45) is 22.7 Å². The van der Waals surface area contributed by atoms with Gasteiger partial charge >= 0.3 is 0 Å². The number of allylic oxidation sites excluding steroid dienone is 2. The van der Waals surface area contributed by atoms with Gasteiger partial charge in [-0.25, -0.2) is 0 Å². The molecule has 4 unspecified atom stereocenters. The minimum atomic E-state index is 0.119. The van der Waals surface area contributed by atoms with Crippen molar-refractivity contribution in [3.8, 4) is 5.75 Å². The Morgan fingerprint density at radius 1 is 1.21 bits per heavy atom. The fraction of sp³-hybridized carbons (Fsp3) is 0.591. The van der Waals surface area contributed by atoms with Crippen LogP contribution in [0.15, 0.2) is 35.4 Å². The van der Waals surface area contributed by atoms with Crippen molar-refractivity contribution in [1.82, 2.24) is 0 Å². The van der Waals surface area contributed by atoms with Crippen LogP contribution in [0, 0.1) is 22.7 Å². The molecule has 0 aromatic heterocycles. The van der Waals surface area contributed by atoms with Crippen LogP contribution in [0.1, 0.15) is 58.4 Å². The molecule has 3 aliphatic rings. The second kappa shape index (κ2) is 5.21. The molecule has 0 radical (unpaired) electrons. The molecule has 3 aliphatic carbocycles. The summed E-state index contributed by atoms with van der Waals surface area (Å²) < 4.78 is 0. The van der Waals surface area contributed by atoms with Gasteiger partial charge in [-0.1, -0.05) is 31.6 Å². The number of Topliss-reactive ketones (excluding diaryl/α,β-unsaturated/α-hetero) is 1. The van der Waals surface area contributed by atoms with Crippen LogP contribution in [-0.4, -0.2) is 10.9 Å². The quantitative estimate of drug-likeness (QED) is 0.844. The predicted molar refractivity (Wildman–Crippen MR) is 95.8 cm³/mol. The lowest BCUT2D eigenvalue weighted by atomic mass is 9.50. The fourth-order valence-electron chi connectivity index (χ4n) is 6.36. The number of carbonyl (C=O) groups is 1. The zero-order valence-electron chi connectivity index (χ0n) is 15.1. The number of phenols is 1. The topological polar surface area (TPSA) is 37.3 Å². The van der Waals surface area contributed by atoms with Crippen molar-refractivity contribution < 1.29 is 9.90 Å². The second-order valence-corrected chi connectivity index (χ2v) is 8.64. The molecule has 2 bridgehead atoms. The number of hydrogen-bond donors (Lipinski definition) is 1. The summed E-state index contributed by atoms with van der Waals surface area (Å²) in [6.45, 7) is 6.92. The number of fused-ring (bicyclic) bond motifs is 1. The number of benzene rings is 1. The highest BCUT2D eigenvalue weighted by Gasteiger charge is 2.66. The van der Waals surface area contributed by atoms with Gasteiger partial charge in [0.25, 0.3) is 0 Å². The number of phenolic OH excluding ortho intramolecular Hbond substituents is 1. The molecule has 0 saturated heterocycles. The summed E-state index contributed by atoms with van der Waals surface area (Å²) in [6.07, 6.45) is 6.63. The summed E-state index contributed by atoms with van der Waals surface area (Å²) in [7, 11) is 0. The van der Waals surface area contributed by atoms with Crippen LogP contribution in [0.3, 0.4) is 0 Å². The Morgan fingerprint density at radius 2 is 1.92 bits per heavy atom. The maximum Gasteiger partial charge on any atom is 0.159 e. The highest BCUT2D eigenvalue weighted by Crippen LogP contribution is 2.73. The van der Waals surface area contributed by atoms with Gasteiger partial charge in [-0.15, -0.1) is 0 Å². The van der Waals surface area contributed by atoms with Crippen LogP contribution in [0.4, 0.5) is 0 Å². The van der Waals surface area contributed by atoms with Gasteiger partial charge in [-0.05, 0) is 79.5 Å². The van der Waals surface area contributed by atoms with Crippen LogP contribution >= 0.6 is 0 Å². The molecule has 1 spiro atoms. The van der Waals surface area contributed by atoms with E-state index in [0.29, 0.717) is 17.5 Å². The van der Waals surface area contributed by atoms with Gasteiger partial charge in [0.05, 0.1) is 0 Å². The fourth-order valence-corrected chi connectivity index (χ4v) is 6.36. The molecule has 1 aromatic carbocycles. The summed E-state index contributed by atoms with van der Waals surface area (Å²) in [5, 5.41) is 9.49. The Labute approximate surface area is 145 Å². The highest BCUT2D eigenvalue weighted by molar-refractivity contribution is 6.00. The predicted octanol–water partition coefficient (Wildman–Crippen LogP) is 5.06. The molecule has 4 atom stereocenters. The molecule has 0 heterocycles.